The van der Waals surface area contributed by atoms with Crippen LogP contribution in [0.25, 0.3) is 0 Å². The number of H-pyrrole nitrogens is 1. The summed E-state index contributed by atoms with van der Waals surface area (Å²) in [4.78, 5) is 16.6. The first kappa shape index (κ1) is 20.6. The number of aromatic nitrogens is 5. The lowest BCUT2D eigenvalue weighted by Crippen LogP contribution is -2.23. The van der Waals surface area contributed by atoms with E-state index in [9.17, 15) is 4.79 Å². The average Bonchev–Trinajstić information content (AvgIpc) is 3.27. The number of ketones is 1. The minimum atomic E-state index is -0.158. The Bertz CT molecular complexity index is 894. The van der Waals surface area contributed by atoms with Gasteiger partial charge in [0.2, 0.25) is 5.88 Å². The van der Waals surface area contributed by atoms with Crippen molar-refractivity contribution in [3.8, 4) is 11.6 Å². The molecule has 0 aliphatic rings. The van der Waals surface area contributed by atoms with Crippen LogP contribution in [0, 0.1) is 5.92 Å². The Morgan fingerprint density at radius 2 is 1.93 bits per heavy atom. The standard InChI is InChI=1S/C21H26N6O2/c1-3-4-18(14(2)28)19(21-24-26-27-25-21)11-16-7-10-20(23-13-16)29-17-8-5-15(12-22)6-9-17/h5-10,13,18-19H,3-4,11-12,22H2,1-2H3,(H,24,25,26,27)/t18-,19+/m1/s1. The highest BCUT2D eigenvalue weighted by Gasteiger charge is 2.30. The molecule has 0 radical (unpaired) electrons. The highest BCUT2D eigenvalue weighted by molar-refractivity contribution is 5.79. The van der Waals surface area contributed by atoms with Gasteiger partial charge in [-0.1, -0.05) is 36.8 Å². The molecule has 2 aromatic heterocycles. The maximum absolute atomic E-state index is 12.2. The zero-order chi connectivity index (χ0) is 20.6. The molecule has 3 rings (SSSR count). The van der Waals surface area contributed by atoms with Gasteiger partial charge < -0.3 is 10.5 Å². The van der Waals surface area contributed by atoms with Gasteiger partial charge in [0.05, 0.1) is 0 Å². The summed E-state index contributed by atoms with van der Waals surface area (Å²) in [7, 11) is 0. The number of hydrogen-bond donors (Lipinski definition) is 2. The third kappa shape index (κ3) is 5.45. The largest absolute Gasteiger partial charge is 0.439 e. The number of benzene rings is 1. The fraction of sp³-hybridized carbons (Fsp3) is 0.381. The summed E-state index contributed by atoms with van der Waals surface area (Å²) in [5.74, 6) is 1.58. The molecule has 2 heterocycles. The smallest absolute Gasteiger partial charge is 0.219 e. The van der Waals surface area contributed by atoms with Crippen LogP contribution in [0.2, 0.25) is 0 Å². The minimum Gasteiger partial charge on any atom is -0.439 e. The SMILES string of the molecule is CCC[C@H](C(C)=O)[C@H](Cc1ccc(Oc2ccc(CN)cc2)nc1)c1nn[nH]n1. The Labute approximate surface area is 169 Å². The van der Waals surface area contributed by atoms with Gasteiger partial charge in [-0.25, -0.2) is 4.98 Å². The number of nitrogens with zero attached hydrogens (tertiary/aromatic N) is 4. The number of rotatable bonds is 10. The minimum absolute atomic E-state index is 0.135. The predicted molar refractivity (Wildman–Crippen MR) is 108 cm³/mol. The van der Waals surface area contributed by atoms with Crippen LogP contribution in [0.3, 0.4) is 0 Å². The van der Waals surface area contributed by atoms with Crippen LogP contribution in [0.4, 0.5) is 0 Å². The van der Waals surface area contributed by atoms with Crippen LogP contribution in [-0.2, 0) is 17.8 Å². The number of hydrogen-bond acceptors (Lipinski definition) is 7. The molecule has 0 aliphatic carbocycles. The average molecular weight is 394 g/mol. The Kier molecular flexibility index (Phi) is 7.02. The van der Waals surface area contributed by atoms with E-state index in [0.29, 0.717) is 30.4 Å². The molecule has 3 aromatic rings. The van der Waals surface area contributed by atoms with Crippen molar-refractivity contribution in [2.75, 3.05) is 0 Å². The number of Topliss-reactive ketones (excluding diaryl/α,β-unsaturated/α-hetero) is 1. The zero-order valence-electron chi connectivity index (χ0n) is 16.7. The van der Waals surface area contributed by atoms with Crippen molar-refractivity contribution >= 4 is 5.78 Å². The molecular weight excluding hydrogens is 368 g/mol. The van der Waals surface area contributed by atoms with Crippen molar-refractivity contribution in [2.45, 2.75) is 45.6 Å². The first-order chi connectivity index (χ1) is 14.1. The van der Waals surface area contributed by atoms with E-state index in [4.69, 9.17) is 10.5 Å². The van der Waals surface area contributed by atoms with Crippen molar-refractivity contribution in [1.82, 2.24) is 25.6 Å². The molecule has 8 heteroatoms. The van der Waals surface area contributed by atoms with Crippen LogP contribution in [-0.4, -0.2) is 31.4 Å². The maximum atomic E-state index is 12.2. The van der Waals surface area contributed by atoms with Crippen molar-refractivity contribution < 1.29 is 9.53 Å². The van der Waals surface area contributed by atoms with Crippen molar-refractivity contribution in [3.05, 3.63) is 59.5 Å². The summed E-state index contributed by atoms with van der Waals surface area (Å²) in [5.41, 5.74) is 7.64. The van der Waals surface area contributed by atoms with Crippen molar-refractivity contribution in [1.29, 1.82) is 0 Å². The van der Waals surface area contributed by atoms with Crippen LogP contribution >= 0.6 is 0 Å². The molecule has 152 valence electrons. The van der Waals surface area contributed by atoms with Crippen molar-refractivity contribution in [3.63, 3.8) is 0 Å². The molecule has 0 bridgehead atoms. The molecule has 1 aromatic carbocycles. The van der Waals surface area contributed by atoms with E-state index in [1.165, 1.54) is 0 Å². The first-order valence-corrected chi connectivity index (χ1v) is 9.76. The summed E-state index contributed by atoms with van der Waals surface area (Å²) in [6, 6.07) is 11.4. The number of nitrogens with two attached hydrogens (primary N) is 1. The highest BCUT2D eigenvalue weighted by atomic mass is 16.5. The lowest BCUT2D eigenvalue weighted by molar-refractivity contribution is -0.121. The summed E-state index contributed by atoms with van der Waals surface area (Å²) in [5, 5.41) is 14.4. The molecular formula is C21H26N6O2. The third-order valence-corrected chi connectivity index (χ3v) is 4.94. The molecule has 2 atom stereocenters. The van der Waals surface area contributed by atoms with E-state index in [-0.39, 0.29) is 17.6 Å². The van der Waals surface area contributed by atoms with Gasteiger partial charge in [-0.3, -0.25) is 4.79 Å². The number of nitrogens with one attached hydrogen (secondary N) is 1. The molecule has 29 heavy (non-hydrogen) atoms. The second kappa shape index (κ2) is 9.88. The molecule has 0 fully saturated rings. The van der Waals surface area contributed by atoms with Crippen LogP contribution in [0.15, 0.2) is 42.6 Å². The van der Waals surface area contributed by atoms with Gasteiger partial charge in [-0.2, -0.15) is 5.21 Å². The molecule has 3 N–H and O–H groups in total. The Balaban J connectivity index is 1.73. The fourth-order valence-corrected chi connectivity index (χ4v) is 3.40. The molecule has 0 unspecified atom stereocenters. The van der Waals surface area contributed by atoms with Gasteiger partial charge in [0.15, 0.2) is 5.82 Å². The number of carbonyl (C=O) groups excluding carboxylic acids is 1. The van der Waals surface area contributed by atoms with Gasteiger partial charge in [0, 0.05) is 30.6 Å². The van der Waals surface area contributed by atoms with Crippen LogP contribution in [0.5, 0.6) is 11.6 Å². The third-order valence-electron chi connectivity index (χ3n) is 4.94. The molecule has 8 nitrogen and oxygen atoms in total. The van der Waals surface area contributed by atoms with Gasteiger partial charge in [-0.05, 0) is 43.0 Å². The topological polar surface area (TPSA) is 120 Å². The molecule has 0 saturated carbocycles. The normalized spacial score (nSPS) is 13.1. The monoisotopic (exact) mass is 394 g/mol. The molecule has 0 spiro atoms. The summed E-state index contributed by atoms with van der Waals surface area (Å²) < 4.78 is 5.79. The van der Waals surface area contributed by atoms with E-state index in [1.807, 2.05) is 36.4 Å². The van der Waals surface area contributed by atoms with Gasteiger partial charge >= 0.3 is 0 Å². The van der Waals surface area contributed by atoms with E-state index in [1.54, 1.807) is 13.1 Å². The van der Waals surface area contributed by atoms with Gasteiger partial charge in [-0.15, -0.1) is 10.2 Å². The van der Waals surface area contributed by atoms with E-state index in [2.05, 4.69) is 32.5 Å². The molecule has 0 amide bonds. The second-order valence-electron chi connectivity index (χ2n) is 7.04. The number of carbonyl (C=O) groups is 1. The number of tetrazole rings is 1. The van der Waals surface area contributed by atoms with Crippen molar-refractivity contribution in [2.24, 2.45) is 11.7 Å². The Morgan fingerprint density at radius 3 is 2.48 bits per heavy atom. The summed E-state index contributed by atoms with van der Waals surface area (Å²) in [6.07, 6.45) is 4.05. The quantitative estimate of drug-likeness (QED) is 0.542. The van der Waals surface area contributed by atoms with Crippen LogP contribution < -0.4 is 10.5 Å². The Hall–Kier alpha value is -3.13. The van der Waals surface area contributed by atoms with E-state index >= 15 is 0 Å². The lowest BCUT2D eigenvalue weighted by Gasteiger charge is -2.22. The van der Waals surface area contributed by atoms with E-state index in [0.717, 1.165) is 24.0 Å². The fourth-order valence-electron chi connectivity index (χ4n) is 3.40. The zero-order valence-corrected chi connectivity index (χ0v) is 16.7. The van der Waals surface area contributed by atoms with E-state index < -0.39 is 0 Å². The highest BCUT2D eigenvalue weighted by Crippen LogP contribution is 2.30. The Morgan fingerprint density at radius 1 is 1.17 bits per heavy atom. The molecule has 0 saturated heterocycles. The van der Waals surface area contributed by atoms with Gasteiger partial charge in [0.25, 0.3) is 0 Å². The van der Waals surface area contributed by atoms with Crippen LogP contribution in [0.1, 0.15) is 49.6 Å². The second-order valence-corrected chi connectivity index (χ2v) is 7.04. The van der Waals surface area contributed by atoms with Gasteiger partial charge in [0.1, 0.15) is 11.5 Å². The predicted octanol–water partition coefficient (Wildman–Crippen LogP) is 3.18. The number of aromatic amines is 1. The first-order valence-electron chi connectivity index (χ1n) is 9.76. The number of ether oxygens (including phenoxy) is 1. The summed E-state index contributed by atoms with van der Waals surface area (Å²) in [6.45, 7) is 4.18. The summed E-state index contributed by atoms with van der Waals surface area (Å²) >= 11 is 0. The lowest BCUT2D eigenvalue weighted by atomic mass is 9.81. The number of pyridine rings is 1. The maximum Gasteiger partial charge on any atom is 0.219 e. The molecule has 0 aliphatic heterocycles.